The van der Waals surface area contributed by atoms with E-state index in [1.165, 1.54) is 0 Å². The first-order valence-corrected chi connectivity index (χ1v) is 10.2. The molecule has 154 valence electrons. The van der Waals surface area contributed by atoms with Crippen molar-refractivity contribution in [1.82, 2.24) is 24.6 Å². The van der Waals surface area contributed by atoms with Gasteiger partial charge in [0.05, 0.1) is 24.3 Å². The Morgan fingerprint density at radius 2 is 1.93 bits per heavy atom. The van der Waals surface area contributed by atoms with Crippen molar-refractivity contribution in [2.45, 2.75) is 32.2 Å². The van der Waals surface area contributed by atoms with Gasteiger partial charge in [-0.2, -0.15) is 5.10 Å². The van der Waals surface area contributed by atoms with Gasteiger partial charge in [-0.1, -0.05) is 6.07 Å². The lowest BCUT2D eigenvalue weighted by molar-refractivity contribution is -0.133. The lowest BCUT2D eigenvalue weighted by Gasteiger charge is -2.42. The maximum Gasteiger partial charge on any atom is 0.244 e. The molecule has 4 heterocycles. The summed E-state index contributed by atoms with van der Waals surface area (Å²) in [5.41, 5.74) is 2.76. The highest BCUT2D eigenvalue weighted by Crippen LogP contribution is 2.24. The molecule has 1 atom stereocenters. The Labute approximate surface area is 171 Å². The van der Waals surface area contributed by atoms with Crippen LogP contribution in [0.4, 0.5) is 5.69 Å². The number of piperidine rings is 1. The summed E-state index contributed by atoms with van der Waals surface area (Å²) in [6.07, 6.45) is 7.64. The predicted molar refractivity (Wildman–Crippen MR) is 109 cm³/mol. The van der Waals surface area contributed by atoms with Crippen LogP contribution in [0.15, 0.2) is 30.7 Å². The Bertz CT molecular complexity index is 870. The lowest BCUT2D eigenvalue weighted by Crippen LogP contribution is -2.58. The highest BCUT2D eigenvalue weighted by Gasteiger charge is 2.36. The SMILES string of the molecule is Cc1ccc(CC(=O)N2CCN([C@H]3CCCN(c4cnn(C)c4)C3=O)CC2)cn1. The van der Waals surface area contributed by atoms with Crippen molar-refractivity contribution in [2.24, 2.45) is 7.05 Å². The number of anilines is 1. The number of aryl methyl sites for hydroxylation is 2. The molecule has 0 spiro atoms. The van der Waals surface area contributed by atoms with Gasteiger partial charge in [-0.3, -0.25) is 24.2 Å². The Morgan fingerprint density at radius 3 is 2.59 bits per heavy atom. The van der Waals surface area contributed by atoms with Gasteiger partial charge in [0.2, 0.25) is 11.8 Å². The van der Waals surface area contributed by atoms with E-state index in [-0.39, 0.29) is 17.9 Å². The molecule has 4 rings (SSSR count). The molecule has 0 saturated carbocycles. The van der Waals surface area contributed by atoms with Gasteiger partial charge < -0.3 is 9.80 Å². The van der Waals surface area contributed by atoms with Crippen molar-refractivity contribution in [3.63, 3.8) is 0 Å². The zero-order chi connectivity index (χ0) is 20.4. The molecule has 2 saturated heterocycles. The number of pyridine rings is 1. The zero-order valence-corrected chi connectivity index (χ0v) is 17.1. The van der Waals surface area contributed by atoms with Crippen LogP contribution in [0.2, 0.25) is 0 Å². The predicted octanol–water partition coefficient (Wildman–Crippen LogP) is 1.01. The van der Waals surface area contributed by atoms with Gasteiger partial charge in [0, 0.05) is 57.9 Å². The molecule has 8 heteroatoms. The number of hydrogen-bond acceptors (Lipinski definition) is 5. The smallest absolute Gasteiger partial charge is 0.244 e. The molecule has 29 heavy (non-hydrogen) atoms. The zero-order valence-electron chi connectivity index (χ0n) is 17.1. The molecule has 2 aromatic rings. The summed E-state index contributed by atoms with van der Waals surface area (Å²) in [5.74, 6) is 0.275. The second kappa shape index (κ2) is 8.32. The molecule has 0 radical (unpaired) electrons. The molecule has 2 aromatic heterocycles. The number of aromatic nitrogens is 3. The molecule has 2 fully saturated rings. The van der Waals surface area contributed by atoms with E-state index in [0.29, 0.717) is 19.5 Å². The van der Waals surface area contributed by atoms with Crippen molar-refractivity contribution >= 4 is 17.5 Å². The third kappa shape index (κ3) is 4.32. The van der Waals surface area contributed by atoms with Crippen molar-refractivity contribution in [3.05, 3.63) is 42.0 Å². The summed E-state index contributed by atoms with van der Waals surface area (Å²) in [6.45, 7) is 5.46. The quantitative estimate of drug-likeness (QED) is 0.771. The van der Waals surface area contributed by atoms with Crippen LogP contribution in [0.1, 0.15) is 24.1 Å². The Morgan fingerprint density at radius 1 is 1.14 bits per heavy atom. The number of nitrogens with zero attached hydrogens (tertiary/aromatic N) is 6. The average Bonchev–Trinajstić information content (AvgIpc) is 3.16. The normalized spacial score (nSPS) is 20.9. The maximum absolute atomic E-state index is 13.1. The van der Waals surface area contributed by atoms with Gasteiger partial charge in [-0.15, -0.1) is 0 Å². The second-order valence-corrected chi connectivity index (χ2v) is 7.92. The van der Waals surface area contributed by atoms with Gasteiger partial charge in [-0.25, -0.2) is 0 Å². The summed E-state index contributed by atoms with van der Waals surface area (Å²) >= 11 is 0. The highest BCUT2D eigenvalue weighted by atomic mass is 16.2. The Hall–Kier alpha value is -2.74. The van der Waals surface area contributed by atoms with Crippen LogP contribution in [-0.4, -0.2) is 75.1 Å². The van der Waals surface area contributed by atoms with Crippen molar-refractivity contribution in [3.8, 4) is 0 Å². The standard InChI is InChI=1S/C21H28N6O2/c1-16-5-6-17(13-22-16)12-20(28)26-10-8-25(9-11-26)19-4-3-7-27(21(19)29)18-14-23-24(2)15-18/h5-6,13-15,19H,3-4,7-12H2,1-2H3/t19-/m0/s1. The molecular formula is C21H28N6O2. The van der Waals surface area contributed by atoms with E-state index in [2.05, 4.69) is 15.0 Å². The molecule has 0 N–H and O–H groups in total. The van der Waals surface area contributed by atoms with Gasteiger partial charge in [0.1, 0.15) is 0 Å². The van der Waals surface area contributed by atoms with Crippen LogP contribution in [0.5, 0.6) is 0 Å². The van der Waals surface area contributed by atoms with Crippen LogP contribution in [0, 0.1) is 6.92 Å². The Balaban J connectivity index is 1.33. The van der Waals surface area contributed by atoms with Crippen LogP contribution < -0.4 is 4.90 Å². The largest absolute Gasteiger partial charge is 0.340 e. The minimum atomic E-state index is -0.109. The number of carbonyl (C=O) groups excluding carboxylic acids is 2. The van der Waals surface area contributed by atoms with Gasteiger partial charge in [-0.05, 0) is 31.4 Å². The fraction of sp³-hybridized carbons (Fsp3) is 0.524. The molecule has 0 unspecified atom stereocenters. The molecule has 2 aliphatic heterocycles. The first-order valence-electron chi connectivity index (χ1n) is 10.2. The molecular weight excluding hydrogens is 368 g/mol. The van der Waals surface area contributed by atoms with E-state index in [4.69, 9.17) is 0 Å². The van der Waals surface area contributed by atoms with Gasteiger partial charge in [0.15, 0.2) is 0 Å². The highest BCUT2D eigenvalue weighted by molar-refractivity contribution is 5.97. The van der Waals surface area contributed by atoms with Crippen molar-refractivity contribution in [2.75, 3.05) is 37.6 Å². The topological polar surface area (TPSA) is 74.6 Å². The minimum absolute atomic E-state index is 0.109. The van der Waals surface area contributed by atoms with Crippen molar-refractivity contribution in [1.29, 1.82) is 0 Å². The number of amides is 2. The molecule has 2 amide bonds. The van der Waals surface area contributed by atoms with Gasteiger partial charge in [0.25, 0.3) is 0 Å². The fourth-order valence-corrected chi connectivity index (χ4v) is 4.17. The first kappa shape index (κ1) is 19.6. The van der Waals surface area contributed by atoms with E-state index in [9.17, 15) is 9.59 Å². The summed E-state index contributed by atoms with van der Waals surface area (Å²) < 4.78 is 1.72. The molecule has 8 nitrogen and oxygen atoms in total. The van der Waals surface area contributed by atoms with Gasteiger partial charge >= 0.3 is 0 Å². The Kier molecular flexibility index (Phi) is 5.62. The van der Waals surface area contributed by atoms with Crippen LogP contribution in [-0.2, 0) is 23.1 Å². The monoisotopic (exact) mass is 396 g/mol. The fourth-order valence-electron chi connectivity index (χ4n) is 4.17. The summed E-state index contributed by atoms with van der Waals surface area (Å²) in [7, 11) is 1.86. The molecule has 0 bridgehead atoms. The maximum atomic E-state index is 13.1. The van der Waals surface area contributed by atoms with Crippen molar-refractivity contribution < 1.29 is 9.59 Å². The number of carbonyl (C=O) groups is 2. The molecule has 0 aliphatic carbocycles. The third-order valence-electron chi connectivity index (χ3n) is 5.85. The average molecular weight is 396 g/mol. The number of hydrogen-bond donors (Lipinski definition) is 0. The van der Waals surface area contributed by atoms with E-state index < -0.39 is 0 Å². The van der Waals surface area contributed by atoms with E-state index in [1.54, 1.807) is 17.1 Å². The second-order valence-electron chi connectivity index (χ2n) is 7.92. The van der Waals surface area contributed by atoms with E-state index in [1.807, 2.05) is 42.1 Å². The molecule has 0 aromatic carbocycles. The lowest BCUT2D eigenvalue weighted by atomic mass is 10.0. The van der Waals surface area contributed by atoms with Crippen LogP contribution in [0.25, 0.3) is 0 Å². The van der Waals surface area contributed by atoms with E-state index in [0.717, 1.165) is 49.4 Å². The minimum Gasteiger partial charge on any atom is -0.340 e. The summed E-state index contributed by atoms with van der Waals surface area (Å²) in [4.78, 5) is 36.0. The first-order chi connectivity index (χ1) is 14.0. The summed E-state index contributed by atoms with van der Waals surface area (Å²) in [5, 5.41) is 4.19. The number of rotatable bonds is 4. The summed E-state index contributed by atoms with van der Waals surface area (Å²) in [6, 6.07) is 3.79. The third-order valence-corrected chi connectivity index (χ3v) is 5.85. The van der Waals surface area contributed by atoms with Crippen LogP contribution in [0.3, 0.4) is 0 Å². The number of piperazine rings is 1. The van der Waals surface area contributed by atoms with E-state index >= 15 is 0 Å². The molecule has 2 aliphatic rings. The van der Waals surface area contributed by atoms with Crippen LogP contribution >= 0.6 is 0 Å².